The molecule has 0 radical (unpaired) electrons. The summed E-state index contributed by atoms with van der Waals surface area (Å²) in [5.41, 5.74) is 0. The van der Waals surface area contributed by atoms with Gasteiger partial charge in [-0.25, -0.2) is 0 Å². The number of hydrogen-bond donors (Lipinski definition) is 1. The molecule has 1 heterocycles. The zero-order valence-electron chi connectivity index (χ0n) is 15.2. The Bertz CT molecular complexity index is 597. The molecule has 0 aromatic heterocycles. The molecule has 2 aliphatic rings. The lowest BCUT2D eigenvalue weighted by molar-refractivity contribution is -0.122. The molecule has 0 spiro atoms. The molecule has 1 aromatic rings. The first-order valence-corrected chi connectivity index (χ1v) is 10.5. The topological polar surface area (TPSA) is 41.6 Å². The highest BCUT2D eigenvalue weighted by Gasteiger charge is 2.24. The van der Waals surface area contributed by atoms with Crippen LogP contribution in [0.1, 0.15) is 44.9 Å². The van der Waals surface area contributed by atoms with Crippen molar-refractivity contribution in [3.05, 3.63) is 28.2 Å². The predicted octanol–water partition coefficient (Wildman–Crippen LogP) is 4.53. The number of halogens is 2. The molecule has 1 aliphatic heterocycles. The van der Waals surface area contributed by atoms with Gasteiger partial charge in [0.2, 0.25) is 5.91 Å². The maximum atomic E-state index is 12.1. The third kappa shape index (κ3) is 6.04. The number of ether oxygens (including phenoxy) is 1. The summed E-state index contributed by atoms with van der Waals surface area (Å²) < 4.78 is 5.58. The molecule has 1 aliphatic carbocycles. The monoisotopic (exact) mass is 398 g/mol. The highest BCUT2D eigenvalue weighted by Crippen LogP contribution is 2.27. The average molecular weight is 399 g/mol. The van der Waals surface area contributed by atoms with Crippen LogP contribution in [0.2, 0.25) is 10.0 Å². The van der Waals surface area contributed by atoms with Crippen molar-refractivity contribution in [2.75, 3.05) is 26.2 Å². The van der Waals surface area contributed by atoms with Gasteiger partial charge in [-0.2, -0.15) is 0 Å². The SMILES string of the molecule is O=C(CCOc1ccc(Cl)c(Cl)c1)NC1CCN(CC2CCCC2)CC1. The van der Waals surface area contributed by atoms with Crippen LogP contribution in [0.25, 0.3) is 0 Å². The molecule has 3 rings (SSSR count). The second kappa shape index (κ2) is 9.82. The van der Waals surface area contributed by atoms with Gasteiger partial charge < -0.3 is 15.0 Å². The zero-order valence-corrected chi connectivity index (χ0v) is 16.7. The molecule has 1 saturated heterocycles. The number of carbonyl (C=O) groups excluding carboxylic acids is 1. The van der Waals surface area contributed by atoms with Gasteiger partial charge in [0.1, 0.15) is 5.75 Å². The summed E-state index contributed by atoms with van der Waals surface area (Å²) in [5.74, 6) is 1.59. The third-order valence-electron chi connectivity index (χ3n) is 5.43. The van der Waals surface area contributed by atoms with Gasteiger partial charge in [-0.1, -0.05) is 36.0 Å². The second-order valence-corrected chi connectivity index (χ2v) is 8.28. The van der Waals surface area contributed by atoms with Crippen LogP contribution in [-0.2, 0) is 4.79 Å². The Kier molecular flexibility index (Phi) is 7.47. The molecule has 144 valence electrons. The Labute approximate surface area is 166 Å². The molecule has 0 unspecified atom stereocenters. The fraction of sp³-hybridized carbons (Fsp3) is 0.650. The molecule has 1 amide bonds. The van der Waals surface area contributed by atoms with E-state index in [1.54, 1.807) is 18.2 Å². The minimum Gasteiger partial charge on any atom is -0.493 e. The number of piperidine rings is 1. The van der Waals surface area contributed by atoms with Gasteiger partial charge in [-0.15, -0.1) is 0 Å². The van der Waals surface area contributed by atoms with Gasteiger partial charge in [0, 0.05) is 31.7 Å². The van der Waals surface area contributed by atoms with Crippen molar-refractivity contribution in [3.8, 4) is 5.75 Å². The number of nitrogens with zero attached hydrogens (tertiary/aromatic N) is 1. The number of rotatable bonds is 7. The Hall–Kier alpha value is -0.970. The maximum Gasteiger partial charge on any atom is 0.223 e. The van der Waals surface area contributed by atoms with Crippen LogP contribution in [0, 0.1) is 5.92 Å². The lowest BCUT2D eigenvalue weighted by Crippen LogP contribution is -2.45. The highest BCUT2D eigenvalue weighted by molar-refractivity contribution is 6.42. The van der Waals surface area contributed by atoms with E-state index in [2.05, 4.69) is 10.2 Å². The molecule has 1 aromatic carbocycles. The van der Waals surface area contributed by atoms with Crippen LogP contribution in [0.4, 0.5) is 0 Å². The van der Waals surface area contributed by atoms with Crippen LogP contribution < -0.4 is 10.1 Å². The minimum absolute atomic E-state index is 0.0549. The summed E-state index contributed by atoms with van der Waals surface area (Å²) in [6.45, 7) is 3.78. The van der Waals surface area contributed by atoms with E-state index < -0.39 is 0 Å². The van der Waals surface area contributed by atoms with E-state index in [0.717, 1.165) is 31.8 Å². The number of hydrogen-bond acceptors (Lipinski definition) is 3. The van der Waals surface area contributed by atoms with Crippen LogP contribution in [0.5, 0.6) is 5.75 Å². The zero-order chi connectivity index (χ0) is 18.4. The molecule has 26 heavy (non-hydrogen) atoms. The fourth-order valence-corrected chi connectivity index (χ4v) is 4.23. The van der Waals surface area contributed by atoms with Crippen LogP contribution in [-0.4, -0.2) is 43.1 Å². The first-order valence-electron chi connectivity index (χ1n) is 9.70. The van der Waals surface area contributed by atoms with E-state index in [1.165, 1.54) is 32.2 Å². The summed E-state index contributed by atoms with van der Waals surface area (Å²) >= 11 is 11.8. The molecule has 0 bridgehead atoms. The smallest absolute Gasteiger partial charge is 0.223 e. The molecule has 2 fully saturated rings. The van der Waals surface area contributed by atoms with Crippen LogP contribution in [0.15, 0.2) is 18.2 Å². The molecule has 1 N–H and O–H groups in total. The van der Waals surface area contributed by atoms with Crippen molar-refractivity contribution >= 4 is 29.1 Å². The predicted molar refractivity (Wildman–Crippen MR) is 106 cm³/mol. The van der Waals surface area contributed by atoms with Gasteiger partial charge in [0.25, 0.3) is 0 Å². The van der Waals surface area contributed by atoms with E-state index in [4.69, 9.17) is 27.9 Å². The molecule has 6 heteroatoms. The fourth-order valence-electron chi connectivity index (χ4n) is 3.95. The normalized spacial score (nSPS) is 19.6. The van der Waals surface area contributed by atoms with E-state index >= 15 is 0 Å². The summed E-state index contributed by atoms with van der Waals surface area (Å²) in [6, 6.07) is 5.42. The number of likely N-dealkylation sites (tertiary alicyclic amines) is 1. The van der Waals surface area contributed by atoms with Gasteiger partial charge in [0.05, 0.1) is 23.1 Å². The van der Waals surface area contributed by atoms with Crippen molar-refractivity contribution in [1.82, 2.24) is 10.2 Å². The Morgan fingerprint density at radius 2 is 1.85 bits per heavy atom. The third-order valence-corrected chi connectivity index (χ3v) is 6.17. The quantitative estimate of drug-likeness (QED) is 0.732. The van der Waals surface area contributed by atoms with Crippen molar-refractivity contribution < 1.29 is 9.53 Å². The van der Waals surface area contributed by atoms with Gasteiger partial charge >= 0.3 is 0 Å². The summed E-state index contributed by atoms with van der Waals surface area (Å²) in [5, 5.41) is 4.10. The Morgan fingerprint density at radius 3 is 2.54 bits per heavy atom. The van der Waals surface area contributed by atoms with Crippen molar-refractivity contribution in [3.63, 3.8) is 0 Å². The van der Waals surface area contributed by atoms with E-state index in [1.807, 2.05) is 0 Å². The summed E-state index contributed by atoms with van der Waals surface area (Å²) in [6.07, 6.45) is 8.05. The maximum absolute atomic E-state index is 12.1. The summed E-state index contributed by atoms with van der Waals surface area (Å²) in [7, 11) is 0. The van der Waals surface area contributed by atoms with Crippen LogP contribution >= 0.6 is 23.2 Å². The number of carbonyl (C=O) groups is 1. The molecule has 0 atom stereocenters. The number of amides is 1. The van der Waals surface area contributed by atoms with E-state index in [-0.39, 0.29) is 5.91 Å². The van der Waals surface area contributed by atoms with Gasteiger partial charge in [-0.05, 0) is 43.7 Å². The standard InChI is InChI=1S/C20H28Cl2N2O2/c21-18-6-5-17(13-19(18)22)26-12-9-20(25)23-16-7-10-24(11-8-16)14-15-3-1-2-4-15/h5-6,13,15-16H,1-4,7-12,14H2,(H,23,25). The van der Waals surface area contributed by atoms with Crippen molar-refractivity contribution in [2.24, 2.45) is 5.92 Å². The Morgan fingerprint density at radius 1 is 1.12 bits per heavy atom. The molecular formula is C20H28Cl2N2O2. The average Bonchev–Trinajstić information content (AvgIpc) is 3.13. The number of benzene rings is 1. The first kappa shape index (κ1) is 19.8. The van der Waals surface area contributed by atoms with Crippen LogP contribution in [0.3, 0.4) is 0 Å². The van der Waals surface area contributed by atoms with Crippen molar-refractivity contribution in [1.29, 1.82) is 0 Å². The second-order valence-electron chi connectivity index (χ2n) is 7.47. The van der Waals surface area contributed by atoms with Crippen molar-refractivity contribution in [2.45, 2.75) is 51.0 Å². The first-order chi connectivity index (χ1) is 12.6. The lowest BCUT2D eigenvalue weighted by Gasteiger charge is -2.33. The largest absolute Gasteiger partial charge is 0.493 e. The molecular weight excluding hydrogens is 371 g/mol. The highest BCUT2D eigenvalue weighted by atomic mass is 35.5. The van der Waals surface area contributed by atoms with E-state index in [9.17, 15) is 4.79 Å². The lowest BCUT2D eigenvalue weighted by atomic mass is 10.0. The molecule has 4 nitrogen and oxygen atoms in total. The van der Waals surface area contributed by atoms with Gasteiger partial charge in [0.15, 0.2) is 0 Å². The van der Waals surface area contributed by atoms with Gasteiger partial charge in [-0.3, -0.25) is 4.79 Å². The molecule has 1 saturated carbocycles. The minimum atomic E-state index is 0.0549. The number of nitrogens with one attached hydrogen (secondary N) is 1. The van der Waals surface area contributed by atoms with E-state index in [0.29, 0.717) is 34.9 Å². The Balaban J connectivity index is 1.30. The summed E-state index contributed by atoms with van der Waals surface area (Å²) in [4.78, 5) is 14.7.